The van der Waals surface area contributed by atoms with Gasteiger partial charge in [0.1, 0.15) is 11.9 Å². The normalized spacial score (nSPS) is 17.1. The minimum Gasteiger partial charge on any atom is -0.488 e. The number of aliphatic imine (C=N–C) groups is 1. The van der Waals surface area contributed by atoms with Crippen LogP contribution in [0.5, 0.6) is 5.75 Å². The maximum absolute atomic E-state index is 12.2. The molecule has 1 saturated heterocycles. The molecule has 7 heteroatoms. The van der Waals surface area contributed by atoms with Crippen LogP contribution in [0, 0.1) is 12.3 Å². The second kappa shape index (κ2) is 11.0. The molecule has 0 bridgehead atoms. The minimum absolute atomic E-state index is 0.0244. The third kappa shape index (κ3) is 7.24. The molecule has 29 heavy (non-hydrogen) atoms. The molecule has 0 radical (unpaired) electrons. The molecule has 1 aliphatic heterocycles. The second-order valence-electron chi connectivity index (χ2n) is 8.01. The summed E-state index contributed by atoms with van der Waals surface area (Å²) in [5.74, 6) is 1.57. The van der Waals surface area contributed by atoms with Crippen LogP contribution in [0.2, 0.25) is 0 Å². The first-order valence-corrected chi connectivity index (χ1v) is 10.5. The van der Waals surface area contributed by atoms with Gasteiger partial charge in [-0.3, -0.25) is 4.79 Å². The molecule has 0 aliphatic carbocycles. The molecule has 2 rings (SSSR count). The third-order valence-electron chi connectivity index (χ3n) is 4.81. The monoisotopic (exact) mass is 404 g/mol. The molecule has 1 aromatic rings. The lowest BCUT2D eigenvalue weighted by atomic mass is 9.92. The molecule has 1 heterocycles. The van der Waals surface area contributed by atoms with Crippen molar-refractivity contribution in [1.82, 2.24) is 16.0 Å². The highest BCUT2D eigenvalue weighted by molar-refractivity contribution is 5.84. The largest absolute Gasteiger partial charge is 0.488 e. The molecule has 1 atom stereocenters. The van der Waals surface area contributed by atoms with Gasteiger partial charge in [0.15, 0.2) is 5.96 Å². The van der Waals surface area contributed by atoms with E-state index in [4.69, 9.17) is 14.5 Å². The van der Waals surface area contributed by atoms with Crippen molar-refractivity contribution < 1.29 is 14.3 Å². The summed E-state index contributed by atoms with van der Waals surface area (Å²) in [6.07, 6.45) is 1.01. The highest BCUT2D eigenvalue weighted by Gasteiger charge is 2.27. The first-order valence-electron chi connectivity index (χ1n) is 10.5. The second-order valence-corrected chi connectivity index (χ2v) is 8.01. The molecule has 0 saturated carbocycles. The van der Waals surface area contributed by atoms with Crippen molar-refractivity contribution in [2.45, 2.75) is 53.7 Å². The number of amides is 1. The fourth-order valence-corrected chi connectivity index (χ4v) is 2.98. The van der Waals surface area contributed by atoms with Gasteiger partial charge < -0.3 is 25.4 Å². The standard InChI is InChI=1S/C22H36N4O3/c1-6-23-20(27)22(4,5)15-26-21(24-7-2)25-13-17-9-8-16(3)12-19(17)29-18-10-11-28-14-18/h8-9,12,18H,6-7,10-11,13-15H2,1-5H3,(H,23,27)(H2,24,25,26). The Labute approximate surface area is 174 Å². The van der Waals surface area contributed by atoms with Crippen LogP contribution < -0.4 is 20.7 Å². The summed E-state index contributed by atoms with van der Waals surface area (Å²) in [6, 6.07) is 6.19. The highest BCUT2D eigenvalue weighted by Crippen LogP contribution is 2.24. The Morgan fingerprint density at radius 3 is 2.66 bits per heavy atom. The van der Waals surface area contributed by atoms with Gasteiger partial charge in [-0.1, -0.05) is 12.1 Å². The summed E-state index contributed by atoms with van der Waals surface area (Å²) in [5.41, 5.74) is 1.65. The number of guanidine groups is 1. The van der Waals surface area contributed by atoms with Crippen molar-refractivity contribution in [2.24, 2.45) is 10.4 Å². The van der Waals surface area contributed by atoms with Gasteiger partial charge in [-0.2, -0.15) is 0 Å². The smallest absolute Gasteiger partial charge is 0.227 e. The van der Waals surface area contributed by atoms with Gasteiger partial charge in [0.25, 0.3) is 0 Å². The number of aryl methyl sites for hydroxylation is 1. The zero-order valence-electron chi connectivity index (χ0n) is 18.4. The molecular formula is C22H36N4O3. The van der Waals surface area contributed by atoms with Crippen LogP contribution >= 0.6 is 0 Å². The number of carbonyl (C=O) groups is 1. The Kier molecular flexibility index (Phi) is 8.76. The van der Waals surface area contributed by atoms with Gasteiger partial charge in [-0.15, -0.1) is 0 Å². The Morgan fingerprint density at radius 1 is 1.24 bits per heavy atom. The number of rotatable bonds is 9. The van der Waals surface area contributed by atoms with Crippen molar-refractivity contribution in [2.75, 3.05) is 32.8 Å². The van der Waals surface area contributed by atoms with Crippen molar-refractivity contribution in [3.63, 3.8) is 0 Å². The quantitative estimate of drug-likeness (QED) is 0.435. The lowest BCUT2D eigenvalue weighted by Crippen LogP contribution is -2.47. The number of nitrogens with one attached hydrogen (secondary N) is 3. The topological polar surface area (TPSA) is 84.0 Å². The van der Waals surface area contributed by atoms with Crippen LogP contribution in [-0.4, -0.2) is 50.8 Å². The van der Waals surface area contributed by atoms with E-state index in [1.807, 2.05) is 27.7 Å². The molecule has 1 unspecified atom stereocenters. The van der Waals surface area contributed by atoms with E-state index in [1.54, 1.807) is 0 Å². The van der Waals surface area contributed by atoms with Gasteiger partial charge >= 0.3 is 0 Å². The van der Waals surface area contributed by atoms with E-state index in [2.05, 4.69) is 41.1 Å². The van der Waals surface area contributed by atoms with Gasteiger partial charge in [-0.05, 0) is 46.2 Å². The number of nitrogens with zero attached hydrogens (tertiary/aromatic N) is 1. The SMILES string of the molecule is CCNC(=O)C(C)(C)CNC(=NCc1ccc(C)cc1OC1CCOC1)NCC. The molecule has 1 aliphatic rings. The molecule has 0 spiro atoms. The first-order chi connectivity index (χ1) is 13.9. The molecule has 162 valence electrons. The molecule has 3 N–H and O–H groups in total. The zero-order valence-corrected chi connectivity index (χ0v) is 18.4. The van der Waals surface area contributed by atoms with E-state index in [0.717, 1.165) is 36.4 Å². The van der Waals surface area contributed by atoms with Gasteiger partial charge in [0.05, 0.1) is 25.2 Å². The van der Waals surface area contributed by atoms with Crippen molar-refractivity contribution in [1.29, 1.82) is 0 Å². The summed E-state index contributed by atoms with van der Waals surface area (Å²) in [4.78, 5) is 16.9. The number of hydrogen-bond donors (Lipinski definition) is 3. The fourth-order valence-electron chi connectivity index (χ4n) is 2.98. The number of benzene rings is 1. The zero-order chi connectivity index (χ0) is 21.3. The fraction of sp³-hybridized carbons (Fsp3) is 0.636. The average molecular weight is 405 g/mol. The van der Waals surface area contributed by atoms with E-state index in [1.165, 1.54) is 0 Å². The van der Waals surface area contributed by atoms with Crippen LogP contribution in [-0.2, 0) is 16.1 Å². The Hall–Kier alpha value is -2.28. The molecule has 7 nitrogen and oxygen atoms in total. The molecule has 1 aromatic carbocycles. The van der Waals surface area contributed by atoms with Gasteiger partial charge in [-0.25, -0.2) is 4.99 Å². The summed E-state index contributed by atoms with van der Waals surface area (Å²) in [5, 5.41) is 9.42. The van der Waals surface area contributed by atoms with Crippen LogP contribution in [0.3, 0.4) is 0 Å². The Balaban J connectivity index is 2.06. The predicted molar refractivity (Wildman–Crippen MR) is 116 cm³/mol. The van der Waals surface area contributed by atoms with E-state index in [-0.39, 0.29) is 12.0 Å². The third-order valence-corrected chi connectivity index (χ3v) is 4.81. The number of carbonyl (C=O) groups excluding carboxylic acids is 1. The van der Waals surface area contributed by atoms with Gasteiger partial charge in [0, 0.05) is 31.6 Å². The predicted octanol–water partition coefficient (Wildman–Crippen LogP) is 2.38. The summed E-state index contributed by atoms with van der Waals surface area (Å²) < 4.78 is 11.6. The maximum Gasteiger partial charge on any atom is 0.227 e. The van der Waals surface area contributed by atoms with E-state index in [9.17, 15) is 4.79 Å². The van der Waals surface area contributed by atoms with E-state index in [0.29, 0.717) is 32.2 Å². The first kappa shape index (κ1) is 23.0. The Morgan fingerprint density at radius 2 is 2.00 bits per heavy atom. The summed E-state index contributed by atoms with van der Waals surface area (Å²) in [6.45, 7) is 13.6. The minimum atomic E-state index is -0.535. The number of ether oxygens (including phenoxy) is 2. The molecule has 0 aromatic heterocycles. The summed E-state index contributed by atoms with van der Waals surface area (Å²) in [7, 11) is 0. The maximum atomic E-state index is 12.2. The highest BCUT2D eigenvalue weighted by atomic mass is 16.5. The van der Waals surface area contributed by atoms with Crippen LogP contribution in [0.15, 0.2) is 23.2 Å². The molecule has 1 fully saturated rings. The van der Waals surface area contributed by atoms with Crippen LogP contribution in [0.1, 0.15) is 45.2 Å². The van der Waals surface area contributed by atoms with E-state index >= 15 is 0 Å². The average Bonchev–Trinajstić information content (AvgIpc) is 3.18. The van der Waals surface area contributed by atoms with Crippen molar-refractivity contribution in [3.8, 4) is 5.75 Å². The molecular weight excluding hydrogens is 368 g/mol. The summed E-state index contributed by atoms with van der Waals surface area (Å²) >= 11 is 0. The lowest BCUT2D eigenvalue weighted by molar-refractivity contribution is -0.128. The Bertz CT molecular complexity index is 697. The van der Waals surface area contributed by atoms with Crippen LogP contribution in [0.25, 0.3) is 0 Å². The molecule has 1 amide bonds. The number of hydrogen-bond acceptors (Lipinski definition) is 4. The van der Waals surface area contributed by atoms with Gasteiger partial charge in [0.2, 0.25) is 5.91 Å². The van der Waals surface area contributed by atoms with Crippen molar-refractivity contribution >= 4 is 11.9 Å². The van der Waals surface area contributed by atoms with E-state index < -0.39 is 5.41 Å². The van der Waals surface area contributed by atoms with Crippen molar-refractivity contribution in [3.05, 3.63) is 29.3 Å². The van der Waals surface area contributed by atoms with Crippen LogP contribution in [0.4, 0.5) is 0 Å². The lowest BCUT2D eigenvalue weighted by Gasteiger charge is -2.25.